The Hall–Kier alpha value is -1.64. The highest BCUT2D eigenvalue weighted by atomic mass is 16.2. The van der Waals surface area contributed by atoms with Crippen LogP contribution in [0.1, 0.15) is 34.3 Å². The summed E-state index contributed by atoms with van der Waals surface area (Å²) in [5.41, 5.74) is 2.91. The molecule has 1 saturated heterocycles. The quantitative estimate of drug-likeness (QED) is 0.660. The summed E-state index contributed by atoms with van der Waals surface area (Å²) in [5, 5.41) is 0. The third kappa shape index (κ3) is 1.21. The molecular formula is C13H13NO2. The van der Waals surface area contributed by atoms with Gasteiger partial charge < -0.3 is 4.90 Å². The maximum absolute atomic E-state index is 12.2. The average Bonchev–Trinajstić information content (AvgIpc) is 2.63. The largest absolute Gasteiger partial charge is 0.328 e. The average molecular weight is 215 g/mol. The van der Waals surface area contributed by atoms with Crippen molar-refractivity contribution in [3.8, 4) is 0 Å². The van der Waals surface area contributed by atoms with Gasteiger partial charge in [0.15, 0.2) is 5.78 Å². The lowest BCUT2D eigenvalue weighted by Gasteiger charge is -2.30. The molecule has 2 aliphatic rings. The highest BCUT2D eigenvalue weighted by Gasteiger charge is 2.40. The minimum Gasteiger partial charge on any atom is -0.328 e. The fourth-order valence-electron chi connectivity index (χ4n) is 2.63. The van der Waals surface area contributed by atoms with Gasteiger partial charge in [-0.3, -0.25) is 9.59 Å². The van der Waals surface area contributed by atoms with E-state index < -0.39 is 0 Å². The SMILES string of the molecule is Cc1ccc2c(c1)C(=O)[C@@H]1CCC(=O)N1C2. The molecule has 0 unspecified atom stereocenters. The lowest BCUT2D eigenvalue weighted by atomic mass is 9.92. The van der Waals surface area contributed by atoms with Crippen molar-refractivity contribution in [2.24, 2.45) is 0 Å². The number of nitrogens with zero attached hydrogens (tertiary/aromatic N) is 1. The highest BCUT2D eigenvalue weighted by molar-refractivity contribution is 6.05. The van der Waals surface area contributed by atoms with Crippen molar-refractivity contribution in [1.82, 2.24) is 4.90 Å². The molecular weight excluding hydrogens is 202 g/mol. The minimum absolute atomic E-state index is 0.115. The van der Waals surface area contributed by atoms with Crippen LogP contribution in [0.25, 0.3) is 0 Å². The molecule has 82 valence electrons. The van der Waals surface area contributed by atoms with Crippen LogP contribution < -0.4 is 0 Å². The number of fused-ring (bicyclic) bond motifs is 2. The van der Waals surface area contributed by atoms with E-state index in [0.717, 1.165) is 16.7 Å². The lowest BCUT2D eigenvalue weighted by molar-refractivity contribution is -0.129. The zero-order valence-electron chi connectivity index (χ0n) is 9.19. The Labute approximate surface area is 94.1 Å². The number of aryl methyl sites for hydroxylation is 1. The molecule has 1 amide bonds. The summed E-state index contributed by atoms with van der Waals surface area (Å²) in [5.74, 6) is 0.236. The first-order chi connectivity index (χ1) is 7.66. The number of Topliss-reactive ketones (excluding diaryl/α,β-unsaturated/α-hetero) is 1. The normalized spacial score (nSPS) is 23.3. The van der Waals surface area contributed by atoms with Crippen LogP contribution in [0.15, 0.2) is 18.2 Å². The molecule has 0 radical (unpaired) electrons. The number of carbonyl (C=O) groups excluding carboxylic acids is 2. The van der Waals surface area contributed by atoms with E-state index in [1.807, 2.05) is 25.1 Å². The number of hydrogen-bond acceptors (Lipinski definition) is 2. The van der Waals surface area contributed by atoms with E-state index >= 15 is 0 Å². The molecule has 3 heteroatoms. The van der Waals surface area contributed by atoms with Crippen molar-refractivity contribution in [2.45, 2.75) is 32.4 Å². The van der Waals surface area contributed by atoms with Gasteiger partial charge in [0.25, 0.3) is 0 Å². The molecule has 3 nitrogen and oxygen atoms in total. The van der Waals surface area contributed by atoms with Gasteiger partial charge in [-0.1, -0.05) is 17.7 Å². The minimum atomic E-state index is -0.193. The van der Waals surface area contributed by atoms with E-state index in [1.165, 1.54) is 0 Å². The van der Waals surface area contributed by atoms with E-state index in [2.05, 4.69) is 0 Å². The van der Waals surface area contributed by atoms with E-state index in [4.69, 9.17) is 0 Å². The monoisotopic (exact) mass is 215 g/mol. The Bertz CT molecular complexity index is 493. The van der Waals surface area contributed by atoms with Crippen LogP contribution in [0, 0.1) is 6.92 Å². The Morgan fingerprint density at radius 1 is 1.31 bits per heavy atom. The number of carbonyl (C=O) groups is 2. The number of ketones is 1. The first-order valence-corrected chi connectivity index (χ1v) is 5.60. The third-order valence-electron chi connectivity index (χ3n) is 3.50. The van der Waals surface area contributed by atoms with Gasteiger partial charge in [-0.2, -0.15) is 0 Å². The van der Waals surface area contributed by atoms with Crippen molar-refractivity contribution >= 4 is 11.7 Å². The maximum atomic E-state index is 12.2. The second-order valence-electron chi connectivity index (χ2n) is 4.60. The Morgan fingerprint density at radius 3 is 2.94 bits per heavy atom. The van der Waals surface area contributed by atoms with Crippen LogP contribution in [0.5, 0.6) is 0 Å². The summed E-state index contributed by atoms with van der Waals surface area (Å²) >= 11 is 0. The zero-order valence-corrected chi connectivity index (χ0v) is 9.19. The fourth-order valence-corrected chi connectivity index (χ4v) is 2.63. The lowest BCUT2D eigenvalue weighted by Crippen LogP contribution is -2.42. The summed E-state index contributed by atoms with van der Waals surface area (Å²) < 4.78 is 0. The molecule has 0 saturated carbocycles. The summed E-state index contributed by atoms with van der Waals surface area (Å²) in [6, 6.07) is 5.71. The van der Waals surface area contributed by atoms with Crippen molar-refractivity contribution in [3.05, 3.63) is 34.9 Å². The van der Waals surface area contributed by atoms with Crippen molar-refractivity contribution in [3.63, 3.8) is 0 Å². The van der Waals surface area contributed by atoms with Crippen LogP contribution in [-0.4, -0.2) is 22.6 Å². The molecule has 0 aromatic heterocycles. The predicted molar refractivity (Wildman–Crippen MR) is 59.1 cm³/mol. The molecule has 1 fully saturated rings. The molecule has 0 spiro atoms. The van der Waals surface area contributed by atoms with Gasteiger partial charge in [0.1, 0.15) is 0 Å². The van der Waals surface area contributed by atoms with Crippen molar-refractivity contribution in [2.75, 3.05) is 0 Å². The van der Waals surface area contributed by atoms with Crippen LogP contribution in [-0.2, 0) is 11.3 Å². The van der Waals surface area contributed by atoms with Crippen molar-refractivity contribution < 1.29 is 9.59 Å². The molecule has 3 rings (SSSR count). The van der Waals surface area contributed by atoms with E-state index in [0.29, 0.717) is 19.4 Å². The molecule has 1 aromatic carbocycles. The molecule has 2 aliphatic heterocycles. The summed E-state index contributed by atoms with van der Waals surface area (Å²) in [7, 11) is 0. The van der Waals surface area contributed by atoms with Crippen molar-refractivity contribution in [1.29, 1.82) is 0 Å². The van der Waals surface area contributed by atoms with Gasteiger partial charge in [-0.15, -0.1) is 0 Å². The molecule has 0 N–H and O–H groups in total. The number of amides is 1. The molecule has 2 heterocycles. The molecule has 16 heavy (non-hydrogen) atoms. The van der Waals surface area contributed by atoms with E-state index in [1.54, 1.807) is 4.90 Å². The smallest absolute Gasteiger partial charge is 0.223 e. The highest BCUT2D eigenvalue weighted by Crippen LogP contribution is 2.31. The Morgan fingerprint density at radius 2 is 2.12 bits per heavy atom. The third-order valence-corrected chi connectivity index (χ3v) is 3.50. The molecule has 0 aliphatic carbocycles. The Balaban J connectivity index is 2.10. The standard InChI is InChI=1S/C13H13NO2/c1-8-2-3-9-7-14-11(4-5-12(14)15)13(16)10(9)6-8/h2-3,6,11H,4-5,7H2,1H3/t11-/m0/s1. The molecule has 0 bridgehead atoms. The summed E-state index contributed by atoms with van der Waals surface area (Å²) in [6.07, 6.45) is 1.20. The first-order valence-electron chi connectivity index (χ1n) is 5.60. The fraction of sp³-hybridized carbons (Fsp3) is 0.385. The van der Waals surface area contributed by atoms with Gasteiger partial charge >= 0.3 is 0 Å². The van der Waals surface area contributed by atoms with Gasteiger partial charge in [0.05, 0.1) is 6.04 Å². The zero-order chi connectivity index (χ0) is 11.3. The van der Waals surface area contributed by atoms with Crippen LogP contribution in [0.4, 0.5) is 0 Å². The van der Waals surface area contributed by atoms with Gasteiger partial charge in [-0.25, -0.2) is 0 Å². The topological polar surface area (TPSA) is 37.4 Å². The Kier molecular flexibility index (Phi) is 1.90. The first kappa shape index (κ1) is 9.58. The number of rotatable bonds is 0. The predicted octanol–water partition coefficient (Wildman–Crippen LogP) is 1.68. The number of hydrogen-bond donors (Lipinski definition) is 0. The van der Waals surface area contributed by atoms with E-state index in [-0.39, 0.29) is 17.7 Å². The second kappa shape index (κ2) is 3.17. The molecule has 1 aromatic rings. The number of benzene rings is 1. The summed E-state index contributed by atoms with van der Waals surface area (Å²) in [6.45, 7) is 2.59. The van der Waals surface area contributed by atoms with Crippen LogP contribution in [0.3, 0.4) is 0 Å². The second-order valence-corrected chi connectivity index (χ2v) is 4.60. The van der Waals surface area contributed by atoms with Gasteiger partial charge in [-0.05, 0) is 25.0 Å². The summed E-state index contributed by atoms with van der Waals surface area (Å²) in [4.78, 5) is 25.5. The van der Waals surface area contributed by atoms with Crippen LogP contribution >= 0.6 is 0 Å². The molecule has 1 atom stereocenters. The van der Waals surface area contributed by atoms with Crippen LogP contribution in [0.2, 0.25) is 0 Å². The van der Waals surface area contributed by atoms with Gasteiger partial charge in [0, 0.05) is 18.5 Å². The van der Waals surface area contributed by atoms with Gasteiger partial charge in [0.2, 0.25) is 5.91 Å². The van der Waals surface area contributed by atoms with E-state index in [9.17, 15) is 9.59 Å². The maximum Gasteiger partial charge on any atom is 0.223 e.